The largest absolute Gasteiger partial charge is 0.416 e. The average Bonchev–Trinajstić information content (AvgIpc) is 3.10. The third kappa shape index (κ3) is 2.80. The number of carbonyl (C=O) groups excluding carboxylic acids is 1. The molecule has 0 spiro atoms. The van der Waals surface area contributed by atoms with Crippen molar-refractivity contribution < 1.29 is 9.53 Å². The van der Waals surface area contributed by atoms with Gasteiger partial charge in [0.15, 0.2) is 0 Å². The molecule has 3 rings (SSSR count). The Morgan fingerprint density at radius 1 is 1.00 bits per heavy atom. The summed E-state index contributed by atoms with van der Waals surface area (Å²) < 4.78 is 13.8. The first kappa shape index (κ1) is 12.7. The summed E-state index contributed by atoms with van der Waals surface area (Å²) in [5.74, 6) is 1.11. The second kappa shape index (κ2) is 5.73. The summed E-state index contributed by atoms with van der Waals surface area (Å²) in [5, 5.41) is 0. The Bertz CT molecular complexity index is 439. The van der Waals surface area contributed by atoms with Crippen LogP contribution in [0.15, 0.2) is 0 Å². The lowest BCUT2D eigenvalue weighted by molar-refractivity contribution is 0.141. The van der Waals surface area contributed by atoms with E-state index in [2.05, 4.69) is 13.6 Å². The monoisotopic (exact) mass is 282 g/mol. The van der Waals surface area contributed by atoms with Crippen molar-refractivity contribution in [3.05, 3.63) is 0 Å². The average molecular weight is 282 g/mol. The fourth-order valence-corrected chi connectivity index (χ4v) is 3.09. The summed E-state index contributed by atoms with van der Waals surface area (Å²) in [6, 6.07) is 0. The molecule has 2 aliphatic heterocycles. The molecule has 0 aliphatic carbocycles. The Morgan fingerprint density at radius 3 is 2.42 bits per heavy atom. The number of nitrogens with zero attached hydrogens (tertiary/aromatic N) is 4. The molecule has 104 valence electrons. The van der Waals surface area contributed by atoms with Gasteiger partial charge in [0.25, 0.3) is 5.88 Å². The van der Waals surface area contributed by atoms with Crippen LogP contribution in [0, 0.1) is 0 Å². The fraction of sp³-hybridized carbons (Fsp3) is 0.750. The maximum atomic E-state index is 12.1. The molecule has 0 aromatic carbocycles. The number of likely N-dealkylation sites (tertiary alicyclic amines) is 1. The van der Waals surface area contributed by atoms with Crippen LogP contribution in [0.25, 0.3) is 0 Å². The number of hydrogen-bond donors (Lipinski definition) is 0. The van der Waals surface area contributed by atoms with Crippen molar-refractivity contribution in [3.8, 4) is 5.88 Å². The number of amides is 1. The second-order valence-corrected chi connectivity index (χ2v) is 5.53. The lowest BCUT2D eigenvalue weighted by atomic mass is 10.1. The number of rotatable bonds is 2. The van der Waals surface area contributed by atoms with E-state index in [9.17, 15) is 4.79 Å². The number of hydrogen-bond acceptors (Lipinski definition) is 6. The van der Waals surface area contributed by atoms with Gasteiger partial charge in [0.1, 0.15) is 0 Å². The molecule has 19 heavy (non-hydrogen) atoms. The van der Waals surface area contributed by atoms with Crippen molar-refractivity contribution in [2.75, 3.05) is 31.1 Å². The van der Waals surface area contributed by atoms with Crippen LogP contribution < -0.4 is 9.64 Å². The minimum atomic E-state index is -0.284. The molecule has 1 aromatic heterocycles. The van der Waals surface area contributed by atoms with Gasteiger partial charge in [-0.25, -0.2) is 4.79 Å². The van der Waals surface area contributed by atoms with Gasteiger partial charge in [-0.2, -0.15) is 4.37 Å². The zero-order valence-electron chi connectivity index (χ0n) is 10.9. The van der Waals surface area contributed by atoms with Crippen LogP contribution in [0.5, 0.6) is 5.88 Å². The van der Waals surface area contributed by atoms with Crippen LogP contribution in [-0.4, -0.2) is 45.9 Å². The SMILES string of the molecule is O=C(Oc1nsnc1N1CCCC1)N1CCCCC1. The fourth-order valence-electron chi connectivity index (χ4n) is 2.59. The zero-order chi connectivity index (χ0) is 13.1. The Kier molecular flexibility index (Phi) is 3.82. The molecule has 0 saturated carbocycles. The summed E-state index contributed by atoms with van der Waals surface area (Å²) in [7, 11) is 0. The molecule has 1 amide bonds. The minimum absolute atomic E-state index is 0.284. The van der Waals surface area contributed by atoms with Crippen molar-refractivity contribution in [2.45, 2.75) is 32.1 Å². The predicted molar refractivity (Wildman–Crippen MR) is 72.8 cm³/mol. The van der Waals surface area contributed by atoms with E-state index < -0.39 is 0 Å². The highest BCUT2D eigenvalue weighted by Gasteiger charge is 2.25. The maximum absolute atomic E-state index is 12.1. The maximum Gasteiger partial charge on any atom is 0.416 e. The molecule has 0 bridgehead atoms. The number of piperidine rings is 1. The summed E-state index contributed by atoms with van der Waals surface area (Å²) >= 11 is 1.10. The van der Waals surface area contributed by atoms with E-state index in [1.807, 2.05) is 0 Å². The number of anilines is 1. The van der Waals surface area contributed by atoms with E-state index in [0.717, 1.165) is 69.4 Å². The molecule has 1 aromatic rings. The van der Waals surface area contributed by atoms with E-state index in [1.165, 1.54) is 6.42 Å². The molecular weight excluding hydrogens is 264 g/mol. The first-order valence-corrected chi connectivity index (χ1v) is 7.62. The van der Waals surface area contributed by atoms with Crippen molar-refractivity contribution in [1.29, 1.82) is 0 Å². The smallest absolute Gasteiger partial charge is 0.386 e. The summed E-state index contributed by atoms with van der Waals surface area (Å²) in [4.78, 5) is 16.0. The molecular formula is C12H18N4O2S. The van der Waals surface area contributed by atoms with Gasteiger partial charge in [-0.05, 0) is 32.1 Å². The van der Waals surface area contributed by atoms with Crippen molar-refractivity contribution in [2.24, 2.45) is 0 Å². The molecule has 0 radical (unpaired) electrons. The molecule has 2 aliphatic rings. The van der Waals surface area contributed by atoms with Crippen LogP contribution in [0.1, 0.15) is 32.1 Å². The standard InChI is InChI=1S/C12H18N4O2S/c17-12(16-8-2-1-3-9-16)18-11-10(13-19-14-11)15-6-4-5-7-15/h1-9H2. The van der Waals surface area contributed by atoms with Crippen LogP contribution in [-0.2, 0) is 0 Å². The Labute approximate surface area is 116 Å². The highest BCUT2D eigenvalue weighted by atomic mass is 32.1. The first-order chi connectivity index (χ1) is 9.34. The molecule has 7 heteroatoms. The van der Waals surface area contributed by atoms with Crippen LogP contribution >= 0.6 is 11.7 Å². The highest BCUT2D eigenvalue weighted by Crippen LogP contribution is 2.29. The molecule has 2 saturated heterocycles. The van der Waals surface area contributed by atoms with Crippen LogP contribution in [0.4, 0.5) is 10.6 Å². The van der Waals surface area contributed by atoms with Gasteiger partial charge in [0.05, 0.1) is 11.7 Å². The molecule has 0 atom stereocenters. The minimum Gasteiger partial charge on any atom is -0.386 e. The lowest BCUT2D eigenvalue weighted by Crippen LogP contribution is -2.37. The van der Waals surface area contributed by atoms with Gasteiger partial charge in [0, 0.05) is 26.2 Å². The molecule has 0 N–H and O–H groups in total. The van der Waals surface area contributed by atoms with Gasteiger partial charge in [-0.3, -0.25) is 0 Å². The molecule has 0 unspecified atom stereocenters. The van der Waals surface area contributed by atoms with Crippen molar-refractivity contribution >= 4 is 23.6 Å². The van der Waals surface area contributed by atoms with Crippen LogP contribution in [0.2, 0.25) is 0 Å². The van der Waals surface area contributed by atoms with Gasteiger partial charge in [0.2, 0.25) is 5.82 Å². The molecule has 6 nitrogen and oxygen atoms in total. The number of aromatic nitrogens is 2. The highest BCUT2D eigenvalue weighted by molar-refractivity contribution is 6.99. The van der Waals surface area contributed by atoms with E-state index >= 15 is 0 Å². The normalized spacial score (nSPS) is 19.8. The number of carbonyl (C=O) groups is 1. The number of ether oxygens (including phenoxy) is 1. The Hall–Kier alpha value is -1.37. The topological polar surface area (TPSA) is 58.6 Å². The Balaban J connectivity index is 1.65. The summed E-state index contributed by atoms with van der Waals surface area (Å²) in [6.07, 6.45) is 5.36. The lowest BCUT2D eigenvalue weighted by Gasteiger charge is -2.25. The van der Waals surface area contributed by atoms with Crippen molar-refractivity contribution in [3.63, 3.8) is 0 Å². The van der Waals surface area contributed by atoms with E-state index in [-0.39, 0.29) is 6.09 Å². The van der Waals surface area contributed by atoms with Gasteiger partial charge in [-0.1, -0.05) is 0 Å². The van der Waals surface area contributed by atoms with Gasteiger partial charge >= 0.3 is 6.09 Å². The van der Waals surface area contributed by atoms with Gasteiger partial charge < -0.3 is 14.5 Å². The molecule has 2 fully saturated rings. The summed E-state index contributed by atoms with van der Waals surface area (Å²) in [5.41, 5.74) is 0. The predicted octanol–water partition coefficient (Wildman–Crippen LogP) is 2.12. The second-order valence-electron chi connectivity index (χ2n) is 5.00. The zero-order valence-corrected chi connectivity index (χ0v) is 11.7. The first-order valence-electron chi connectivity index (χ1n) is 6.89. The third-order valence-corrected chi connectivity index (χ3v) is 4.15. The van der Waals surface area contributed by atoms with E-state index in [0.29, 0.717) is 5.88 Å². The van der Waals surface area contributed by atoms with E-state index in [1.54, 1.807) is 4.90 Å². The third-order valence-electron chi connectivity index (χ3n) is 3.65. The van der Waals surface area contributed by atoms with Gasteiger partial charge in [-0.15, -0.1) is 4.37 Å². The quantitative estimate of drug-likeness (QED) is 0.831. The Morgan fingerprint density at radius 2 is 1.68 bits per heavy atom. The van der Waals surface area contributed by atoms with E-state index in [4.69, 9.17) is 4.74 Å². The van der Waals surface area contributed by atoms with Crippen LogP contribution in [0.3, 0.4) is 0 Å². The summed E-state index contributed by atoms with van der Waals surface area (Å²) in [6.45, 7) is 3.52. The van der Waals surface area contributed by atoms with Crippen molar-refractivity contribution in [1.82, 2.24) is 13.6 Å². The molecule has 3 heterocycles.